The van der Waals surface area contributed by atoms with Crippen LogP contribution in [-0.2, 0) is 11.3 Å². The Bertz CT molecular complexity index is 601. The summed E-state index contributed by atoms with van der Waals surface area (Å²) in [7, 11) is 0. The Morgan fingerprint density at radius 1 is 1.38 bits per heavy atom. The first-order chi connectivity index (χ1) is 10.2. The number of urea groups is 1. The molecule has 0 saturated carbocycles. The molecule has 1 aromatic rings. The molecule has 1 saturated heterocycles. The third-order valence-electron chi connectivity index (χ3n) is 3.26. The number of hydrogen-bond donors (Lipinski definition) is 2. The molecule has 5 nitrogen and oxygen atoms in total. The largest absolute Gasteiger partial charge is 0.384 e. The van der Waals surface area contributed by atoms with Gasteiger partial charge in [0.2, 0.25) is 0 Å². The highest BCUT2D eigenvalue weighted by Gasteiger charge is 2.36. The highest BCUT2D eigenvalue weighted by atomic mass is 16.2. The summed E-state index contributed by atoms with van der Waals surface area (Å²) in [5.74, 6) is 5.21. The molecule has 1 atom stereocenters. The number of nitrogens with one attached hydrogen (secondary N) is 1. The zero-order chi connectivity index (χ0) is 15.2. The van der Waals surface area contributed by atoms with Crippen molar-refractivity contribution in [1.29, 1.82) is 0 Å². The first-order valence-electron chi connectivity index (χ1n) is 6.96. The Morgan fingerprint density at radius 2 is 2.19 bits per heavy atom. The zero-order valence-electron chi connectivity index (χ0n) is 11.9. The molecule has 0 aliphatic carbocycles. The minimum absolute atomic E-state index is 0.173. The fraction of sp³-hybridized carbons (Fsp3) is 0.375. The van der Waals surface area contributed by atoms with Crippen LogP contribution in [0.4, 0.5) is 4.79 Å². The third-order valence-corrected chi connectivity index (χ3v) is 3.26. The van der Waals surface area contributed by atoms with Crippen molar-refractivity contribution >= 4 is 11.9 Å². The summed E-state index contributed by atoms with van der Waals surface area (Å²) in [5, 5.41) is 11.4. The van der Waals surface area contributed by atoms with Gasteiger partial charge in [-0.05, 0) is 24.1 Å². The molecule has 3 amide bonds. The molecule has 2 N–H and O–H groups in total. The van der Waals surface area contributed by atoms with E-state index in [0.29, 0.717) is 6.42 Å². The summed E-state index contributed by atoms with van der Waals surface area (Å²) in [4.78, 5) is 25.2. The standard InChI is InChI=1S/C16H18N2O3/c1-2-5-14-15(20)18(16(21)17-14)11-13-7-3-6-12(10-13)8-4-9-19/h3,6-7,10,14,19H,2,5,9,11H2,1H3,(H,17,21). The van der Waals surface area contributed by atoms with Gasteiger partial charge in [0.1, 0.15) is 12.6 Å². The van der Waals surface area contributed by atoms with Crippen molar-refractivity contribution in [2.75, 3.05) is 6.61 Å². The highest BCUT2D eigenvalue weighted by Crippen LogP contribution is 2.15. The summed E-state index contributed by atoms with van der Waals surface area (Å²) in [6.07, 6.45) is 1.50. The Balaban J connectivity index is 2.11. The number of hydrogen-bond acceptors (Lipinski definition) is 3. The predicted octanol–water partition coefficient (Wildman–Crippen LogP) is 1.25. The first-order valence-corrected chi connectivity index (χ1v) is 6.96. The minimum atomic E-state index is -0.403. The Morgan fingerprint density at radius 3 is 2.90 bits per heavy atom. The van der Waals surface area contributed by atoms with Gasteiger partial charge < -0.3 is 10.4 Å². The maximum absolute atomic E-state index is 12.1. The van der Waals surface area contributed by atoms with E-state index < -0.39 is 6.04 Å². The fourth-order valence-electron chi connectivity index (χ4n) is 2.28. The smallest absolute Gasteiger partial charge is 0.325 e. The van der Waals surface area contributed by atoms with Crippen molar-refractivity contribution in [3.8, 4) is 11.8 Å². The Labute approximate surface area is 124 Å². The van der Waals surface area contributed by atoms with Crippen LogP contribution in [-0.4, -0.2) is 34.6 Å². The van der Waals surface area contributed by atoms with Crippen LogP contribution >= 0.6 is 0 Å². The van der Waals surface area contributed by atoms with Crippen LogP contribution in [0.5, 0.6) is 0 Å². The summed E-state index contributed by atoms with van der Waals surface area (Å²) in [6.45, 7) is 2.01. The van der Waals surface area contributed by atoms with Crippen LogP contribution in [0.15, 0.2) is 24.3 Å². The van der Waals surface area contributed by atoms with E-state index in [1.54, 1.807) is 0 Å². The van der Waals surface area contributed by atoms with E-state index in [1.807, 2.05) is 31.2 Å². The van der Waals surface area contributed by atoms with E-state index in [4.69, 9.17) is 5.11 Å². The number of carbonyl (C=O) groups excluding carboxylic acids is 2. The SMILES string of the molecule is CCCC1NC(=O)N(Cc2cccc(C#CCO)c2)C1=O. The monoisotopic (exact) mass is 286 g/mol. The average Bonchev–Trinajstić information content (AvgIpc) is 2.74. The van der Waals surface area contributed by atoms with Crippen LogP contribution in [0.25, 0.3) is 0 Å². The minimum Gasteiger partial charge on any atom is -0.384 e. The molecule has 2 rings (SSSR count). The molecular weight excluding hydrogens is 268 g/mol. The number of aliphatic hydroxyl groups excluding tert-OH is 1. The highest BCUT2D eigenvalue weighted by molar-refractivity contribution is 6.04. The molecule has 0 radical (unpaired) electrons. The molecule has 1 unspecified atom stereocenters. The number of benzene rings is 1. The molecule has 1 aromatic carbocycles. The van der Waals surface area contributed by atoms with Crippen molar-refractivity contribution < 1.29 is 14.7 Å². The fourth-order valence-corrected chi connectivity index (χ4v) is 2.28. The van der Waals surface area contributed by atoms with E-state index in [0.717, 1.165) is 17.5 Å². The topological polar surface area (TPSA) is 69.6 Å². The summed E-state index contributed by atoms with van der Waals surface area (Å²) < 4.78 is 0. The first kappa shape index (κ1) is 15.1. The summed E-state index contributed by atoms with van der Waals surface area (Å²) in [6, 6.07) is 6.55. The van der Waals surface area contributed by atoms with E-state index in [-0.39, 0.29) is 25.1 Å². The average molecular weight is 286 g/mol. The van der Waals surface area contributed by atoms with Crippen molar-refractivity contribution in [3.63, 3.8) is 0 Å². The molecular formula is C16H18N2O3. The van der Waals surface area contributed by atoms with Crippen LogP contribution in [0.2, 0.25) is 0 Å². The number of nitrogens with zero attached hydrogens (tertiary/aromatic N) is 1. The lowest BCUT2D eigenvalue weighted by molar-refractivity contribution is -0.128. The predicted molar refractivity (Wildman–Crippen MR) is 78.2 cm³/mol. The quantitative estimate of drug-likeness (QED) is 0.646. The Kier molecular flexibility index (Phi) is 4.96. The lowest BCUT2D eigenvalue weighted by atomic mass is 10.1. The molecule has 1 heterocycles. The van der Waals surface area contributed by atoms with E-state index in [2.05, 4.69) is 17.2 Å². The van der Waals surface area contributed by atoms with Crippen molar-refractivity contribution in [2.24, 2.45) is 0 Å². The molecule has 5 heteroatoms. The van der Waals surface area contributed by atoms with Gasteiger partial charge in [-0.3, -0.25) is 9.69 Å². The van der Waals surface area contributed by atoms with Gasteiger partial charge in [-0.15, -0.1) is 0 Å². The van der Waals surface area contributed by atoms with Gasteiger partial charge in [0.15, 0.2) is 0 Å². The van der Waals surface area contributed by atoms with E-state index in [1.165, 1.54) is 4.90 Å². The zero-order valence-corrected chi connectivity index (χ0v) is 11.9. The summed E-state index contributed by atoms with van der Waals surface area (Å²) >= 11 is 0. The molecule has 0 bridgehead atoms. The van der Waals surface area contributed by atoms with Crippen LogP contribution in [0, 0.1) is 11.8 Å². The maximum Gasteiger partial charge on any atom is 0.325 e. The second kappa shape index (κ2) is 6.91. The second-order valence-corrected chi connectivity index (χ2v) is 4.88. The molecule has 1 aliphatic rings. The Hall–Kier alpha value is -2.32. The lowest BCUT2D eigenvalue weighted by Crippen LogP contribution is -2.30. The molecule has 21 heavy (non-hydrogen) atoms. The number of aliphatic hydroxyl groups is 1. The van der Waals surface area contributed by atoms with Crippen molar-refractivity contribution in [1.82, 2.24) is 10.2 Å². The van der Waals surface area contributed by atoms with Gasteiger partial charge in [-0.25, -0.2) is 4.79 Å². The second-order valence-electron chi connectivity index (χ2n) is 4.88. The number of rotatable bonds is 4. The van der Waals surface area contributed by atoms with Gasteiger partial charge in [0.25, 0.3) is 5.91 Å². The van der Waals surface area contributed by atoms with Gasteiger partial charge in [0.05, 0.1) is 6.54 Å². The molecule has 0 spiro atoms. The number of imide groups is 1. The molecule has 0 aromatic heterocycles. The van der Waals surface area contributed by atoms with Gasteiger partial charge in [0, 0.05) is 5.56 Å². The number of amides is 3. The van der Waals surface area contributed by atoms with E-state index >= 15 is 0 Å². The molecule has 1 aliphatic heterocycles. The normalized spacial score (nSPS) is 17.4. The van der Waals surface area contributed by atoms with Gasteiger partial charge >= 0.3 is 6.03 Å². The van der Waals surface area contributed by atoms with Crippen LogP contribution < -0.4 is 5.32 Å². The van der Waals surface area contributed by atoms with Crippen LogP contribution in [0.1, 0.15) is 30.9 Å². The van der Waals surface area contributed by atoms with E-state index in [9.17, 15) is 9.59 Å². The number of carbonyl (C=O) groups is 2. The lowest BCUT2D eigenvalue weighted by Gasteiger charge is -2.13. The van der Waals surface area contributed by atoms with Gasteiger partial charge in [-0.2, -0.15) is 0 Å². The van der Waals surface area contributed by atoms with Crippen molar-refractivity contribution in [2.45, 2.75) is 32.4 Å². The maximum atomic E-state index is 12.1. The van der Waals surface area contributed by atoms with Crippen LogP contribution in [0.3, 0.4) is 0 Å². The third kappa shape index (κ3) is 3.61. The van der Waals surface area contributed by atoms with Gasteiger partial charge in [-0.1, -0.05) is 37.3 Å². The van der Waals surface area contributed by atoms with Crippen molar-refractivity contribution in [3.05, 3.63) is 35.4 Å². The molecule has 1 fully saturated rings. The summed E-state index contributed by atoms with van der Waals surface area (Å²) in [5.41, 5.74) is 1.58. The molecule has 110 valence electrons.